The van der Waals surface area contributed by atoms with E-state index in [-0.39, 0.29) is 36.4 Å². The number of methoxy groups -OCH3 is 2. The van der Waals surface area contributed by atoms with E-state index in [1.165, 1.54) is 44.2 Å². The van der Waals surface area contributed by atoms with Crippen LogP contribution in [0.25, 0.3) is 22.3 Å². The SMILES string of the molecule is C.CN(C)c1ccccc1.COC(=O)c1ccc2c(c1)CC(=O)C(c1ccc(F)cc1)N2.COC(=O)c1ccc2nc(-c3ccc(F)cc3)c(Cl)nc2c1.O=P(Cl)(Cl)Cl. The number of esters is 2. The second-order valence-electron chi connectivity index (χ2n) is 12.3. The molecule has 1 atom stereocenters. The van der Waals surface area contributed by atoms with Crippen LogP contribution in [-0.2, 0) is 25.3 Å². The fourth-order valence-corrected chi connectivity index (χ4v) is 5.61. The molecule has 0 saturated carbocycles. The molecule has 0 bridgehead atoms. The van der Waals surface area contributed by atoms with E-state index in [4.69, 9.17) is 11.6 Å². The Balaban J connectivity index is 0.000000237. The lowest BCUT2D eigenvalue weighted by molar-refractivity contribution is -0.119. The third kappa shape index (κ3) is 14.6. The van der Waals surface area contributed by atoms with E-state index in [0.717, 1.165) is 11.3 Å². The normalized spacial score (nSPS) is 12.6. The molecule has 0 spiro atoms. The number of benzene rings is 5. The molecule has 0 fully saturated rings. The van der Waals surface area contributed by atoms with Gasteiger partial charge in [0.1, 0.15) is 23.4 Å². The van der Waals surface area contributed by atoms with Crippen molar-refractivity contribution in [3.63, 3.8) is 0 Å². The average molecular weight is 907 g/mol. The molecule has 0 radical (unpaired) electrons. The van der Waals surface area contributed by atoms with Crippen molar-refractivity contribution in [3.8, 4) is 11.3 Å². The van der Waals surface area contributed by atoms with Gasteiger partial charge in [0.05, 0.1) is 36.4 Å². The lowest BCUT2D eigenvalue weighted by Crippen LogP contribution is -2.28. The first kappa shape index (κ1) is 48.3. The molecule has 17 heteroatoms. The zero-order valence-electron chi connectivity index (χ0n) is 31.3. The molecule has 1 aliphatic rings. The smallest absolute Gasteiger partial charge is 0.339 e. The Morgan fingerprint density at radius 2 is 1.29 bits per heavy atom. The van der Waals surface area contributed by atoms with Crippen molar-refractivity contribution < 1.29 is 37.2 Å². The zero-order valence-corrected chi connectivity index (χ0v) is 35.2. The van der Waals surface area contributed by atoms with E-state index in [0.29, 0.717) is 39.0 Å². The second kappa shape index (κ2) is 22.3. The number of nitrogens with one attached hydrogen (secondary N) is 1. The summed E-state index contributed by atoms with van der Waals surface area (Å²) in [5, 5.41) is 0.102. The number of aromatic nitrogens is 2. The van der Waals surface area contributed by atoms with Gasteiger partial charge in [-0.1, -0.05) is 49.4 Å². The number of rotatable bonds is 5. The number of carbonyl (C=O) groups excluding carboxylic acids is 3. The van der Waals surface area contributed by atoms with E-state index in [2.05, 4.69) is 75.5 Å². The third-order valence-electron chi connectivity index (χ3n) is 8.15. The highest BCUT2D eigenvalue weighted by molar-refractivity contribution is 8.24. The van der Waals surface area contributed by atoms with Gasteiger partial charge in [0, 0.05) is 37.5 Å². The van der Waals surface area contributed by atoms with Gasteiger partial charge >= 0.3 is 17.1 Å². The molecule has 0 saturated heterocycles. The summed E-state index contributed by atoms with van der Waals surface area (Å²) in [6.45, 7) is 0. The molecule has 5 aromatic carbocycles. The number of halogens is 6. The topological polar surface area (TPSA) is 128 Å². The van der Waals surface area contributed by atoms with Gasteiger partial charge in [-0.25, -0.2) is 28.3 Å². The van der Waals surface area contributed by atoms with Gasteiger partial charge in [-0.2, -0.15) is 0 Å². The number of anilines is 2. The Labute approximate surface area is 360 Å². The standard InChI is InChI=1S/C17H14FNO3.C16H10ClFN2O2.C8H11N.CH4.Cl3OP/c1-22-17(21)11-4-7-14-12(8-11)9-15(20)16(19-14)10-2-5-13(18)6-3-10;1-22-16(21)10-4-7-12-13(8-10)20-15(17)14(19-12)9-2-5-11(18)6-3-9;1-9(2)8-6-4-3-5-7-8;;1-5(2,3)4/h2-8,16,19H,9H2,1H3;2-8H,1H3;3-7H,1-2H3;1H4;. The van der Waals surface area contributed by atoms with Gasteiger partial charge < -0.3 is 19.7 Å². The predicted molar refractivity (Wildman–Crippen MR) is 233 cm³/mol. The number of fused-ring (bicyclic) bond motifs is 2. The Morgan fingerprint density at radius 3 is 1.81 bits per heavy atom. The van der Waals surface area contributed by atoms with Gasteiger partial charge in [0.25, 0.3) is 0 Å². The van der Waals surface area contributed by atoms with Crippen LogP contribution in [0.4, 0.5) is 20.2 Å². The van der Waals surface area contributed by atoms with E-state index >= 15 is 0 Å². The summed E-state index contributed by atoms with van der Waals surface area (Å²) in [6.07, 6.45) is 0.217. The molecular weight excluding hydrogens is 867 g/mol. The summed E-state index contributed by atoms with van der Waals surface area (Å²) in [5.74, 6) is -1.59. The minimum Gasteiger partial charge on any atom is -0.465 e. The minimum absolute atomic E-state index is 0. The highest BCUT2D eigenvalue weighted by atomic mass is 36.0. The van der Waals surface area contributed by atoms with Crippen LogP contribution in [0.1, 0.15) is 45.3 Å². The molecule has 1 aromatic heterocycles. The summed E-state index contributed by atoms with van der Waals surface area (Å²) in [7, 11) is 6.70. The van der Waals surface area contributed by atoms with Crippen molar-refractivity contribution in [2.75, 3.05) is 38.5 Å². The number of ketones is 1. The van der Waals surface area contributed by atoms with Gasteiger partial charge in [-0.05, 0) is 130 Å². The number of hydrogen-bond acceptors (Lipinski definition) is 10. The Morgan fingerprint density at radius 1 is 0.763 bits per heavy atom. The summed E-state index contributed by atoms with van der Waals surface area (Å²) in [6, 6.07) is 31.3. The number of ether oxygens (including phenoxy) is 2. The first-order chi connectivity index (χ1) is 27.5. The minimum atomic E-state index is -3.22. The molecule has 0 aliphatic carbocycles. The molecule has 1 aliphatic heterocycles. The molecule has 1 N–H and O–H groups in total. The summed E-state index contributed by atoms with van der Waals surface area (Å²) >= 11 is 20.0. The maximum Gasteiger partial charge on any atom is 0.339 e. The van der Waals surface area contributed by atoms with Crippen molar-refractivity contribution in [1.82, 2.24) is 9.97 Å². The van der Waals surface area contributed by atoms with E-state index in [1.807, 2.05) is 32.3 Å². The fraction of sp³-hybridized carbons (Fsp3) is 0.167. The number of Topliss-reactive ketones (excluding diaryl/α,β-unsaturated/α-hetero) is 1. The van der Waals surface area contributed by atoms with Crippen LogP contribution in [0.15, 0.2) is 115 Å². The maximum absolute atomic E-state index is 13.0. The molecular formula is C42H39Cl4F2N4O6P. The summed E-state index contributed by atoms with van der Waals surface area (Å²) in [5.41, 5.74) is 6.48. The number of nitrogens with zero attached hydrogens (tertiary/aromatic N) is 3. The van der Waals surface area contributed by atoms with Crippen LogP contribution in [0.2, 0.25) is 5.15 Å². The van der Waals surface area contributed by atoms with E-state index in [1.54, 1.807) is 60.7 Å². The molecule has 2 heterocycles. The maximum atomic E-state index is 13.0. The number of para-hydroxylation sites is 1. The first-order valence-electron chi connectivity index (χ1n) is 17.0. The van der Waals surface area contributed by atoms with Crippen molar-refractivity contribution in [1.29, 1.82) is 0 Å². The molecule has 59 heavy (non-hydrogen) atoms. The Kier molecular flexibility index (Phi) is 18.3. The van der Waals surface area contributed by atoms with Crippen LogP contribution in [0, 0.1) is 11.6 Å². The molecule has 10 nitrogen and oxygen atoms in total. The fourth-order valence-electron chi connectivity index (χ4n) is 5.37. The number of hydrogen-bond donors (Lipinski definition) is 1. The lowest BCUT2D eigenvalue weighted by atomic mass is 9.91. The molecule has 310 valence electrons. The lowest BCUT2D eigenvalue weighted by Gasteiger charge is -2.26. The first-order valence-corrected chi connectivity index (χ1v) is 21.8. The van der Waals surface area contributed by atoms with E-state index < -0.39 is 23.2 Å². The molecule has 0 amide bonds. The average Bonchev–Trinajstić information content (AvgIpc) is 3.20. The second-order valence-corrected chi connectivity index (χ2v) is 19.3. The monoisotopic (exact) mass is 904 g/mol. The highest BCUT2D eigenvalue weighted by Gasteiger charge is 2.27. The van der Waals surface area contributed by atoms with Gasteiger partial charge in [-0.3, -0.25) is 9.36 Å². The Bertz CT molecular complexity index is 2420. The van der Waals surface area contributed by atoms with Gasteiger partial charge in [0.15, 0.2) is 10.9 Å². The molecule has 6 aromatic rings. The third-order valence-corrected chi connectivity index (χ3v) is 8.41. The highest BCUT2D eigenvalue weighted by Crippen LogP contribution is 2.61. The summed E-state index contributed by atoms with van der Waals surface area (Å²) in [4.78, 5) is 46.1. The zero-order chi connectivity index (χ0) is 42.6. The Hall–Kier alpha value is -5.10. The van der Waals surface area contributed by atoms with Crippen LogP contribution in [0.5, 0.6) is 0 Å². The predicted octanol–water partition coefficient (Wildman–Crippen LogP) is 12.0. The quantitative estimate of drug-likeness (QED) is 0.132. The van der Waals surface area contributed by atoms with Crippen molar-refractivity contribution in [3.05, 3.63) is 154 Å². The van der Waals surface area contributed by atoms with Crippen molar-refractivity contribution in [2.45, 2.75) is 19.9 Å². The van der Waals surface area contributed by atoms with Gasteiger partial charge in [0.2, 0.25) is 0 Å². The number of carbonyl (C=O) groups is 3. The van der Waals surface area contributed by atoms with Crippen molar-refractivity contribution >= 4 is 90.7 Å². The van der Waals surface area contributed by atoms with E-state index in [9.17, 15) is 27.7 Å². The van der Waals surface area contributed by atoms with Gasteiger partial charge in [-0.15, -0.1) is 0 Å². The molecule has 1 unspecified atom stereocenters. The summed E-state index contributed by atoms with van der Waals surface area (Å²) < 4.78 is 44.8. The van der Waals surface area contributed by atoms with Crippen LogP contribution < -0.4 is 10.2 Å². The van der Waals surface area contributed by atoms with Crippen LogP contribution >= 0.6 is 50.5 Å². The van der Waals surface area contributed by atoms with Crippen LogP contribution in [-0.4, -0.2) is 56.0 Å². The molecule has 7 rings (SSSR count). The van der Waals surface area contributed by atoms with Crippen molar-refractivity contribution in [2.24, 2.45) is 0 Å². The largest absolute Gasteiger partial charge is 0.465 e. The van der Waals surface area contributed by atoms with Crippen LogP contribution in [0.3, 0.4) is 0 Å².